The van der Waals surface area contributed by atoms with Crippen molar-refractivity contribution in [3.05, 3.63) is 35.4 Å². The van der Waals surface area contributed by atoms with Gasteiger partial charge in [0.05, 0.1) is 0 Å². The predicted octanol–water partition coefficient (Wildman–Crippen LogP) is 2.80. The van der Waals surface area contributed by atoms with Crippen molar-refractivity contribution >= 4 is 30.2 Å². The van der Waals surface area contributed by atoms with Gasteiger partial charge in [0, 0.05) is 17.1 Å². The van der Waals surface area contributed by atoms with E-state index in [4.69, 9.17) is 0 Å². The molecule has 2 nitrogen and oxygen atoms in total. The Kier molecular flexibility index (Phi) is 5.56. The lowest BCUT2D eigenvalue weighted by Crippen LogP contribution is -2.31. The van der Waals surface area contributed by atoms with Gasteiger partial charge in [-0.1, -0.05) is 18.2 Å². The molecule has 0 spiro atoms. The molecule has 0 amide bonds. The number of thiol groups is 1. The Morgan fingerprint density at radius 3 is 2.76 bits per heavy atom. The van der Waals surface area contributed by atoms with E-state index in [1.54, 1.807) is 17.8 Å². The van der Waals surface area contributed by atoms with Crippen LogP contribution in [0.15, 0.2) is 24.3 Å². The average molecular weight is 270 g/mol. The minimum Gasteiger partial charge on any atom is -0.382 e. The monoisotopic (exact) mass is 270 g/mol. The summed E-state index contributed by atoms with van der Waals surface area (Å²) >= 11 is 5.93. The molecule has 0 aliphatic rings. The van der Waals surface area contributed by atoms with E-state index in [9.17, 15) is 9.90 Å². The maximum Gasteiger partial charge on any atom is 0.193 e. The molecule has 0 saturated heterocycles. The molecule has 0 aliphatic carbocycles. The Morgan fingerprint density at radius 1 is 1.47 bits per heavy atom. The molecular weight excluding hydrogens is 252 g/mol. The summed E-state index contributed by atoms with van der Waals surface area (Å²) in [5, 5.41) is 9.68. The third-order valence-electron chi connectivity index (χ3n) is 2.25. The second kappa shape index (κ2) is 6.47. The highest BCUT2D eigenvalue weighted by atomic mass is 32.2. The third kappa shape index (κ3) is 4.74. The van der Waals surface area contributed by atoms with Crippen LogP contribution in [0.1, 0.15) is 29.8 Å². The standard InChI is InChI=1S/C13H18O2S2/c1-13(2,15)12(14)11-5-3-4-10(8-11)9-17-7-6-16/h3-5,8,15-16H,6-7,9H2,1-2H3. The summed E-state index contributed by atoms with van der Waals surface area (Å²) in [4.78, 5) is 11.9. The maximum atomic E-state index is 11.9. The molecule has 0 aliphatic heterocycles. The zero-order chi connectivity index (χ0) is 12.9. The Balaban J connectivity index is 2.75. The summed E-state index contributed by atoms with van der Waals surface area (Å²) in [6.45, 7) is 3.02. The average Bonchev–Trinajstić information content (AvgIpc) is 2.28. The second-order valence-corrected chi connectivity index (χ2v) is 5.92. The largest absolute Gasteiger partial charge is 0.382 e. The fourth-order valence-corrected chi connectivity index (χ4v) is 2.49. The van der Waals surface area contributed by atoms with Gasteiger partial charge in [0.2, 0.25) is 0 Å². The van der Waals surface area contributed by atoms with Gasteiger partial charge in [0.1, 0.15) is 5.60 Å². The molecule has 0 aromatic heterocycles. The van der Waals surface area contributed by atoms with Gasteiger partial charge in [-0.3, -0.25) is 4.79 Å². The zero-order valence-electron chi connectivity index (χ0n) is 10.1. The summed E-state index contributed by atoms with van der Waals surface area (Å²) in [6, 6.07) is 7.45. The predicted molar refractivity (Wildman–Crippen MR) is 77.1 cm³/mol. The number of Topliss-reactive ketones (excluding diaryl/α,β-unsaturated/α-hetero) is 1. The van der Waals surface area contributed by atoms with E-state index >= 15 is 0 Å². The van der Waals surface area contributed by atoms with Gasteiger partial charge in [-0.25, -0.2) is 0 Å². The summed E-state index contributed by atoms with van der Waals surface area (Å²) in [6.07, 6.45) is 0. The van der Waals surface area contributed by atoms with E-state index in [-0.39, 0.29) is 5.78 Å². The molecule has 1 rings (SSSR count). The van der Waals surface area contributed by atoms with Gasteiger partial charge in [-0.05, 0) is 31.2 Å². The van der Waals surface area contributed by atoms with Crippen molar-refractivity contribution in [1.82, 2.24) is 0 Å². The van der Waals surface area contributed by atoms with Crippen LogP contribution in [0.25, 0.3) is 0 Å². The summed E-state index contributed by atoms with van der Waals surface area (Å²) in [7, 11) is 0. The van der Waals surface area contributed by atoms with Crippen molar-refractivity contribution in [1.29, 1.82) is 0 Å². The minimum absolute atomic E-state index is 0.237. The third-order valence-corrected chi connectivity index (χ3v) is 3.81. The Bertz CT molecular complexity index is 383. The van der Waals surface area contributed by atoms with E-state index in [0.717, 1.165) is 22.8 Å². The van der Waals surface area contributed by atoms with Crippen LogP contribution in [0.5, 0.6) is 0 Å². The van der Waals surface area contributed by atoms with Gasteiger partial charge in [0.25, 0.3) is 0 Å². The summed E-state index contributed by atoms with van der Waals surface area (Å²) < 4.78 is 0. The molecule has 1 N–H and O–H groups in total. The first-order chi connectivity index (χ1) is 7.95. The van der Waals surface area contributed by atoms with Crippen molar-refractivity contribution in [3.8, 4) is 0 Å². The molecule has 0 unspecified atom stereocenters. The Hall–Kier alpha value is -0.450. The highest BCUT2D eigenvalue weighted by molar-refractivity contribution is 7.99. The van der Waals surface area contributed by atoms with Crippen LogP contribution in [-0.2, 0) is 5.75 Å². The highest BCUT2D eigenvalue weighted by Crippen LogP contribution is 2.17. The molecule has 94 valence electrons. The van der Waals surface area contributed by atoms with Crippen LogP contribution in [0.3, 0.4) is 0 Å². The molecule has 0 bridgehead atoms. The number of hydrogen-bond acceptors (Lipinski definition) is 4. The second-order valence-electron chi connectivity index (χ2n) is 4.36. The van der Waals surface area contributed by atoms with Crippen LogP contribution in [0, 0.1) is 0 Å². The number of benzene rings is 1. The van der Waals surface area contributed by atoms with Gasteiger partial charge < -0.3 is 5.11 Å². The molecule has 0 heterocycles. The molecular formula is C13H18O2S2. The van der Waals surface area contributed by atoms with E-state index in [1.165, 1.54) is 13.8 Å². The first-order valence-corrected chi connectivity index (χ1v) is 7.28. The van der Waals surface area contributed by atoms with Gasteiger partial charge in [0.15, 0.2) is 5.78 Å². The molecule has 4 heteroatoms. The minimum atomic E-state index is -1.31. The summed E-state index contributed by atoms with van der Waals surface area (Å²) in [5.41, 5.74) is 0.366. The van der Waals surface area contributed by atoms with E-state index < -0.39 is 5.60 Å². The molecule has 0 saturated carbocycles. The van der Waals surface area contributed by atoms with Gasteiger partial charge in [-0.15, -0.1) is 0 Å². The Labute approximate surface area is 112 Å². The molecule has 0 radical (unpaired) electrons. The SMILES string of the molecule is CC(C)(O)C(=O)c1cccc(CSCCS)c1. The first kappa shape index (κ1) is 14.6. The number of carbonyl (C=O) groups excluding carboxylic acids is 1. The number of thioether (sulfide) groups is 1. The topological polar surface area (TPSA) is 37.3 Å². The van der Waals surface area contributed by atoms with Crippen molar-refractivity contribution < 1.29 is 9.90 Å². The lowest BCUT2D eigenvalue weighted by Gasteiger charge is -2.15. The first-order valence-electron chi connectivity index (χ1n) is 5.50. The lowest BCUT2D eigenvalue weighted by atomic mass is 9.96. The zero-order valence-corrected chi connectivity index (χ0v) is 11.9. The summed E-state index contributed by atoms with van der Waals surface area (Å²) in [5.74, 6) is 2.48. The molecule has 17 heavy (non-hydrogen) atoms. The maximum absolute atomic E-state index is 11.9. The van der Waals surface area contributed by atoms with Crippen LogP contribution in [0.2, 0.25) is 0 Å². The van der Waals surface area contributed by atoms with Crippen molar-refractivity contribution in [2.45, 2.75) is 25.2 Å². The molecule has 1 aromatic rings. The smallest absolute Gasteiger partial charge is 0.193 e. The fourth-order valence-electron chi connectivity index (χ4n) is 1.41. The number of rotatable bonds is 6. The lowest BCUT2D eigenvalue weighted by molar-refractivity contribution is 0.0488. The molecule has 0 atom stereocenters. The normalized spacial score (nSPS) is 11.5. The van der Waals surface area contributed by atoms with E-state index in [0.29, 0.717) is 5.56 Å². The Morgan fingerprint density at radius 2 is 2.18 bits per heavy atom. The number of aliphatic hydroxyl groups is 1. The highest BCUT2D eigenvalue weighted by Gasteiger charge is 2.25. The molecule has 1 aromatic carbocycles. The fraction of sp³-hybridized carbons (Fsp3) is 0.462. The van der Waals surface area contributed by atoms with Crippen LogP contribution in [-0.4, -0.2) is 28.0 Å². The van der Waals surface area contributed by atoms with Crippen LogP contribution < -0.4 is 0 Å². The van der Waals surface area contributed by atoms with Crippen molar-refractivity contribution in [2.24, 2.45) is 0 Å². The van der Waals surface area contributed by atoms with Crippen molar-refractivity contribution in [3.63, 3.8) is 0 Å². The number of hydrogen-bond donors (Lipinski definition) is 2. The van der Waals surface area contributed by atoms with Crippen molar-refractivity contribution in [2.75, 3.05) is 11.5 Å². The van der Waals surface area contributed by atoms with Crippen LogP contribution in [0.4, 0.5) is 0 Å². The van der Waals surface area contributed by atoms with E-state index in [1.807, 2.05) is 18.2 Å². The van der Waals surface area contributed by atoms with Crippen LogP contribution >= 0.6 is 24.4 Å². The number of ketones is 1. The number of carbonyl (C=O) groups is 1. The van der Waals surface area contributed by atoms with Gasteiger partial charge in [-0.2, -0.15) is 24.4 Å². The van der Waals surface area contributed by atoms with Gasteiger partial charge >= 0.3 is 0 Å². The van der Waals surface area contributed by atoms with E-state index in [2.05, 4.69) is 12.6 Å². The molecule has 0 fully saturated rings. The quantitative estimate of drug-likeness (QED) is 0.474.